The first-order chi connectivity index (χ1) is 17.4. The molecule has 0 saturated carbocycles. The number of fused-ring (bicyclic) bond motifs is 1. The second-order valence-corrected chi connectivity index (χ2v) is 8.47. The molecule has 36 heavy (non-hydrogen) atoms. The van der Waals surface area contributed by atoms with Gasteiger partial charge in [-0.05, 0) is 43.7 Å². The molecule has 4 aromatic rings. The van der Waals surface area contributed by atoms with Crippen LogP contribution >= 0.6 is 0 Å². The number of hydrogen-bond acceptors (Lipinski definition) is 7. The molecule has 0 atom stereocenters. The van der Waals surface area contributed by atoms with Gasteiger partial charge in [0.15, 0.2) is 5.82 Å². The van der Waals surface area contributed by atoms with Crippen LogP contribution in [0, 0.1) is 6.92 Å². The van der Waals surface area contributed by atoms with E-state index in [9.17, 15) is 9.59 Å². The first kappa shape index (κ1) is 24.9. The van der Waals surface area contributed by atoms with Gasteiger partial charge in [0.05, 0.1) is 11.9 Å². The van der Waals surface area contributed by atoms with Gasteiger partial charge in [0.2, 0.25) is 5.91 Å². The van der Waals surface area contributed by atoms with Gasteiger partial charge in [0, 0.05) is 37.8 Å². The Labute approximate surface area is 210 Å². The van der Waals surface area contributed by atoms with Gasteiger partial charge in [-0.3, -0.25) is 14.3 Å². The third-order valence-corrected chi connectivity index (χ3v) is 5.63. The zero-order chi connectivity index (χ0) is 25.7. The third-order valence-electron chi connectivity index (χ3n) is 5.63. The standard InChI is InChI=1S/C25H24N4O4.O2S/c1-16-5-7-18(8-6-16)32-21-12-17(25(31)26-23-9-11-28(2)27-23)13-22-20(21)14-19(33-22)15-29-10-3-4-24(29)30;1-3-2/h5-9,11-14H,3-4,10,15H2,1-2H3,(H,26,27,31);. The van der Waals surface area contributed by atoms with E-state index in [0.29, 0.717) is 47.2 Å². The van der Waals surface area contributed by atoms with Crippen molar-refractivity contribution >= 4 is 40.2 Å². The molecule has 0 spiro atoms. The summed E-state index contributed by atoms with van der Waals surface area (Å²) in [5.41, 5.74) is 2.03. The van der Waals surface area contributed by atoms with Crippen molar-refractivity contribution < 1.29 is 27.2 Å². The largest absolute Gasteiger partial charge is 0.459 e. The Kier molecular flexibility index (Phi) is 7.59. The summed E-state index contributed by atoms with van der Waals surface area (Å²) in [5, 5.41) is 7.73. The lowest BCUT2D eigenvalue weighted by atomic mass is 10.1. The number of likely N-dealkylation sites (tertiary alicyclic amines) is 1. The second kappa shape index (κ2) is 11.0. The maximum absolute atomic E-state index is 12.9. The maximum atomic E-state index is 12.9. The number of benzene rings is 2. The van der Waals surface area contributed by atoms with Crippen molar-refractivity contribution in [3.05, 3.63) is 71.6 Å². The first-order valence-electron chi connectivity index (χ1n) is 11.2. The molecule has 10 nitrogen and oxygen atoms in total. The van der Waals surface area contributed by atoms with Gasteiger partial charge in [-0.2, -0.15) is 13.5 Å². The van der Waals surface area contributed by atoms with Crippen molar-refractivity contribution in [3.63, 3.8) is 0 Å². The van der Waals surface area contributed by atoms with Crippen molar-refractivity contribution in [3.8, 4) is 11.5 Å². The summed E-state index contributed by atoms with van der Waals surface area (Å²) in [6, 6.07) is 14.7. The normalized spacial score (nSPS) is 12.8. The maximum Gasteiger partial charge on any atom is 0.335 e. The Morgan fingerprint density at radius 1 is 1.17 bits per heavy atom. The van der Waals surface area contributed by atoms with Crippen LogP contribution < -0.4 is 10.1 Å². The number of nitrogens with zero attached hydrogens (tertiary/aromatic N) is 3. The zero-order valence-corrected chi connectivity index (χ0v) is 20.5. The third kappa shape index (κ3) is 5.87. The molecule has 1 aliphatic heterocycles. The van der Waals surface area contributed by atoms with Crippen LogP contribution in [0.5, 0.6) is 11.5 Å². The van der Waals surface area contributed by atoms with Crippen LogP contribution in [0.2, 0.25) is 0 Å². The van der Waals surface area contributed by atoms with Gasteiger partial charge in [0.1, 0.15) is 22.8 Å². The molecule has 0 aliphatic carbocycles. The zero-order valence-electron chi connectivity index (χ0n) is 19.7. The van der Waals surface area contributed by atoms with Crippen LogP contribution in [0.25, 0.3) is 11.0 Å². The lowest BCUT2D eigenvalue weighted by molar-refractivity contribution is -0.128. The molecule has 0 bridgehead atoms. The summed E-state index contributed by atoms with van der Waals surface area (Å²) in [6.07, 6.45) is 3.18. The number of nitrogens with one attached hydrogen (secondary N) is 1. The summed E-state index contributed by atoms with van der Waals surface area (Å²) < 4.78 is 30.4. The Morgan fingerprint density at radius 2 is 1.92 bits per heavy atom. The van der Waals surface area contributed by atoms with E-state index in [-0.39, 0.29) is 11.8 Å². The average Bonchev–Trinajstić information content (AvgIpc) is 3.56. The predicted molar refractivity (Wildman–Crippen MR) is 132 cm³/mol. The highest BCUT2D eigenvalue weighted by Crippen LogP contribution is 2.35. The van der Waals surface area contributed by atoms with Crippen molar-refractivity contribution in [1.82, 2.24) is 14.7 Å². The summed E-state index contributed by atoms with van der Waals surface area (Å²) >= 11 is -0.750. The monoisotopic (exact) mass is 508 g/mol. The van der Waals surface area contributed by atoms with Crippen LogP contribution in [-0.4, -0.2) is 41.5 Å². The molecule has 1 saturated heterocycles. The lowest BCUT2D eigenvalue weighted by Crippen LogP contribution is -2.23. The Hall–Kier alpha value is -4.25. The fourth-order valence-corrected chi connectivity index (χ4v) is 3.92. The van der Waals surface area contributed by atoms with Gasteiger partial charge < -0.3 is 19.4 Å². The van der Waals surface area contributed by atoms with Crippen LogP contribution in [0.4, 0.5) is 5.82 Å². The number of aromatic nitrogens is 2. The number of rotatable bonds is 6. The van der Waals surface area contributed by atoms with E-state index in [1.54, 1.807) is 41.0 Å². The SMILES string of the molecule is Cc1ccc(Oc2cc(C(=O)Nc3ccn(C)n3)cc3oc(CN4CCCC4=O)cc23)cc1.O=S=O. The lowest BCUT2D eigenvalue weighted by Gasteiger charge is -2.12. The van der Waals surface area contributed by atoms with Crippen LogP contribution in [0.3, 0.4) is 0 Å². The minimum Gasteiger partial charge on any atom is -0.459 e. The molecular formula is C25H24N4O6S. The molecule has 0 radical (unpaired) electrons. The quantitative estimate of drug-likeness (QED) is 0.418. The van der Waals surface area contributed by atoms with E-state index < -0.39 is 11.6 Å². The van der Waals surface area contributed by atoms with Crippen molar-refractivity contribution in [2.24, 2.45) is 7.05 Å². The number of ether oxygens (including phenoxy) is 1. The van der Waals surface area contributed by atoms with Gasteiger partial charge in [-0.25, -0.2) is 0 Å². The summed E-state index contributed by atoms with van der Waals surface area (Å²) in [5.74, 6) is 2.07. The number of hydrogen-bond donors (Lipinski definition) is 1. The highest BCUT2D eigenvalue weighted by atomic mass is 32.1. The average molecular weight is 509 g/mol. The van der Waals surface area contributed by atoms with Crippen molar-refractivity contribution in [1.29, 1.82) is 0 Å². The molecule has 1 aliphatic rings. The van der Waals surface area contributed by atoms with Crippen LogP contribution in [-0.2, 0) is 30.0 Å². The fourth-order valence-electron chi connectivity index (χ4n) is 3.92. The van der Waals surface area contributed by atoms with E-state index in [2.05, 4.69) is 10.4 Å². The summed E-state index contributed by atoms with van der Waals surface area (Å²) in [7, 11) is 1.78. The molecule has 2 amide bonds. The van der Waals surface area contributed by atoms with Gasteiger partial charge >= 0.3 is 11.6 Å². The highest BCUT2D eigenvalue weighted by molar-refractivity contribution is 7.51. The van der Waals surface area contributed by atoms with E-state index in [1.165, 1.54) is 0 Å². The molecule has 5 rings (SSSR count). The van der Waals surface area contributed by atoms with Crippen LogP contribution in [0.15, 0.2) is 59.1 Å². The number of anilines is 1. The molecule has 11 heteroatoms. The fraction of sp³-hybridized carbons (Fsp3) is 0.240. The minimum atomic E-state index is -0.750. The topological polar surface area (TPSA) is 124 Å². The van der Waals surface area contributed by atoms with Gasteiger partial charge in [0.25, 0.3) is 5.91 Å². The van der Waals surface area contributed by atoms with E-state index >= 15 is 0 Å². The van der Waals surface area contributed by atoms with Crippen molar-refractivity contribution in [2.45, 2.75) is 26.3 Å². The first-order valence-corrected chi connectivity index (χ1v) is 11.8. The molecule has 0 unspecified atom stereocenters. The molecule has 186 valence electrons. The Bertz CT molecular complexity index is 1440. The second-order valence-electron chi connectivity index (χ2n) is 8.33. The highest BCUT2D eigenvalue weighted by Gasteiger charge is 2.23. The predicted octanol–water partition coefficient (Wildman–Crippen LogP) is 3.97. The molecule has 1 fully saturated rings. The van der Waals surface area contributed by atoms with E-state index in [1.807, 2.05) is 37.3 Å². The molecule has 1 N–H and O–H groups in total. The Balaban J connectivity index is 0.000000967. The number of carbonyl (C=O) groups is 2. The Morgan fingerprint density at radius 3 is 2.56 bits per heavy atom. The minimum absolute atomic E-state index is 0.127. The molecule has 3 heterocycles. The summed E-state index contributed by atoms with van der Waals surface area (Å²) in [4.78, 5) is 26.8. The number of aryl methyl sites for hydroxylation is 2. The van der Waals surface area contributed by atoms with Gasteiger partial charge in [-0.1, -0.05) is 17.7 Å². The van der Waals surface area contributed by atoms with Crippen LogP contribution in [0.1, 0.15) is 34.5 Å². The number of amides is 2. The van der Waals surface area contributed by atoms with E-state index in [4.69, 9.17) is 17.6 Å². The molecule has 2 aromatic heterocycles. The number of furan rings is 1. The number of carbonyl (C=O) groups excluding carboxylic acids is 2. The van der Waals surface area contributed by atoms with Gasteiger partial charge in [-0.15, -0.1) is 0 Å². The smallest absolute Gasteiger partial charge is 0.335 e. The molecule has 2 aromatic carbocycles. The van der Waals surface area contributed by atoms with Crippen molar-refractivity contribution in [2.75, 3.05) is 11.9 Å². The summed E-state index contributed by atoms with van der Waals surface area (Å²) in [6.45, 7) is 3.12. The van der Waals surface area contributed by atoms with E-state index in [0.717, 1.165) is 23.9 Å². The molecular weight excluding hydrogens is 484 g/mol.